The van der Waals surface area contributed by atoms with Crippen LogP contribution in [-0.2, 0) is 94.9 Å². The Labute approximate surface area is 772 Å². The maximum absolute atomic E-state index is 14.2. The molecule has 122 heavy (non-hydrogen) atoms. The molecule has 20 heterocycles. The summed E-state index contributed by atoms with van der Waals surface area (Å²) in [7, 11) is 3.31. The Morgan fingerprint density at radius 1 is 0.566 bits per heavy atom. The molecular formula is C91H133KN6O22S2. The van der Waals surface area contributed by atoms with E-state index in [9.17, 15) is 19.8 Å². The van der Waals surface area contributed by atoms with Gasteiger partial charge in [0.2, 0.25) is 6.54 Å². The third kappa shape index (κ3) is 21.5. The zero-order chi connectivity index (χ0) is 84.6. The van der Waals surface area contributed by atoms with E-state index in [0.717, 1.165) is 91.7 Å². The number of nitrogens with one attached hydrogen (secondary N) is 3. The summed E-state index contributed by atoms with van der Waals surface area (Å²) in [6.45, 7) is 42.0. The van der Waals surface area contributed by atoms with Crippen LogP contribution in [-0.4, -0.2) is 275 Å². The Balaban J connectivity index is 0.000000190. The number of imidazole rings is 2. The van der Waals surface area contributed by atoms with E-state index in [1.165, 1.54) is 11.8 Å². The third-order valence-electron chi connectivity index (χ3n) is 28.8. The van der Waals surface area contributed by atoms with Crippen LogP contribution < -0.4 is 51.4 Å². The number of Topliss-reactive ketones (excluding diaryl/α,β-unsaturated/α-hetero) is 2. The summed E-state index contributed by atoms with van der Waals surface area (Å²) in [6.07, 6.45) is 15.4. The van der Waals surface area contributed by atoms with E-state index in [-0.39, 0.29) is 292 Å². The molecule has 0 amide bonds. The van der Waals surface area contributed by atoms with E-state index < -0.39 is 36.0 Å². The predicted molar refractivity (Wildman–Crippen MR) is 446 cm³/mol. The minimum atomic E-state index is -0.841. The molecule has 0 aromatic carbocycles. The number of ether oxygens (including phenoxy) is 18. The maximum atomic E-state index is 14.2. The van der Waals surface area contributed by atoms with Gasteiger partial charge in [0, 0.05) is 134 Å². The fourth-order valence-corrected chi connectivity index (χ4v) is 23.4. The standard InChI is InChI=1S/C44H64N2O11S.C42H61NO11.C3H4N2S.CN.CH4.K/c1-7-28-14-22(2)24(4)33(51-28)19-34-31(37(49-6)35(53-34)18-27(48)21-58-43-45-12-13-46-43)17-26(47)16-29-8-9-32-38(52-29)42-41-40(54-32)39-36(55-41)20-44(56-39,57-42)11-10-30-15-23(3)25(5)50-30;1-8-27-13-21(2)23(4)32(48-27)18-33-30(36(46-7)34(50-33)17-26(45)20-43-6)16-25(44)15-28-9-10-31-37(49-28)41-40-39(51-31)38-35(52-40)19-42(53-38,54-41)12-11-29-14-22(3)24(5)47-29;6-3-4-1-2-5-3;1-2;;/h12-13,22,25,27-42,48H,3-4,7-11,14-21H2,1-2,5-6H3,(H,45,46);21,24,26-41,45H,3-4,8-20H2,1-2,5,7H3;1-2H,(H2,4,5,6);;1H4;/q;;;-1;;+1. The van der Waals surface area contributed by atoms with Gasteiger partial charge in [-0.15, -0.1) is 0 Å². The molecule has 38 unspecified atom stereocenters. The van der Waals surface area contributed by atoms with E-state index in [2.05, 4.69) is 105 Å². The molecule has 38 atom stereocenters. The van der Waals surface area contributed by atoms with Crippen molar-refractivity contribution in [2.24, 2.45) is 23.7 Å². The topological polar surface area (TPSA) is 329 Å². The molecule has 18 saturated heterocycles. The summed E-state index contributed by atoms with van der Waals surface area (Å²) < 4.78 is 119. The fourth-order valence-electron chi connectivity index (χ4n) is 22.5. The van der Waals surface area contributed by atoms with E-state index in [4.69, 9.17) is 104 Å². The van der Waals surface area contributed by atoms with Crippen molar-refractivity contribution in [2.45, 2.75) is 415 Å². The van der Waals surface area contributed by atoms with Crippen molar-refractivity contribution in [3.63, 3.8) is 0 Å². The fraction of sp³-hybridized carbons (Fsp3) is 0.802. The molecule has 18 aliphatic heterocycles. The summed E-state index contributed by atoms with van der Waals surface area (Å²) >= 11 is 6.10. The number of hydrogen-bond donors (Lipinski definition) is 5. The molecular weight excluding hydrogens is 1630 g/mol. The molecule has 0 saturated carbocycles. The Kier molecular flexibility index (Phi) is 33.7. The number of thioether (sulfide) groups is 1. The van der Waals surface area contributed by atoms with Crippen molar-refractivity contribution in [1.29, 1.82) is 5.26 Å². The first kappa shape index (κ1) is 96.7. The normalized spacial score (nSPS) is 43.8. The number of aromatic amines is 3. The molecule has 2 aromatic rings. The SMILES string of the molecule is C.C=C1CC(CCC23CC4OC5C(OC6CCC(CC(=O)CC7C(CC8OC(CC)CC(C)C8=C)OC(CC(O)CSc8ncc[nH]8)C7OC)OC6C5O2)C4O3)OC1C.S=c1[nH]cc[nH]1.[C-]#N.[C-]#[N+]CC(O)CC1OC(CC2OC(CC)CC(C)C2=C)C(CC(=O)CC2CCC3OC4C5OC6(CCC7CC(=C)C(C)O7)CC5OC4C(O6)C3O2)C1OC.[K+]. The van der Waals surface area contributed by atoms with Gasteiger partial charge in [-0.25, -0.2) is 11.6 Å². The van der Waals surface area contributed by atoms with Crippen molar-refractivity contribution < 1.29 is 156 Å². The molecule has 18 fully saturated rings. The van der Waals surface area contributed by atoms with Gasteiger partial charge in [0.25, 0.3) is 0 Å². The van der Waals surface area contributed by atoms with E-state index in [1.807, 2.05) is 0 Å². The van der Waals surface area contributed by atoms with Crippen LogP contribution in [0.4, 0.5) is 0 Å². The van der Waals surface area contributed by atoms with Gasteiger partial charge in [-0.1, -0.05) is 73.2 Å². The zero-order valence-electron chi connectivity index (χ0n) is 72.0. The molecule has 31 heteroatoms. The zero-order valence-corrected chi connectivity index (χ0v) is 76.8. The summed E-state index contributed by atoms with van der Waals surface area (Å²) in [6, 6.07) is 0. The van der Waals surface area contributed by atoms with Gasteiger partial charge >= 0.3 is 51.4 Å². The van der Waals surface area contributed by atoms with E-state index in [1.54, 1.807) is 39.0 Å². The van der Waals surface area contributed by atoms with Gasteiger partial charge in [0.1, 0.15) is 78.7 Å². The molecule has 18 aliphatic rings. The second kappa shape index (κ2) is 42.5. The predicted octanol–water partition coefficient (Wildman–Crippen LogP) is 9.47. The number of carbonyl (C=O) groups is 2. The summed E-state index contributed by atoms with van der Waals surface area (Å²) in [5.74, 6) is -0.737. The van der Waals surface area contributed by atoms with E-state index in [0.29, 0.717) is 80.1 Å². The molecule has 672 valence electrons. The average molecular weight is 1770 g/mol. The van der Waals surface area contributed by atoms with Crippen LogP contribution in [0.3, 0.4) is 0 Å². The maximum Gasteiger partial charge on any atom is 1.00 e. The van der Waals surface area contributed by atoms with Crippen LogP contribution in [0.25, 0.3) is 4.85 Å². The average Bonchev–Trinajstić information content (AvgIpc) is 1.55. The number of methoxy groups -OCH3 is 2. The number of nitrogens with zero attached hydrogens (tertiary/aromatic N) is 3. The van der Waals surface area contributed by atoms with Crippen molar-refractivity contribution in [2.75, 3.05) is 26.5 Å². The van der Waals surface area contributed by atoms with Gasteiger partial charge in [-0.3, -0.25) is 9.59 Å². The summed E-state index contributed by atoms with van der Waals surface area (Å²) in [5.41, 5.74) is 4.39. The number of aromatic nitrogens is 4. The Bertz CT molecular complexity index is 3950. The molecule has 0 spiro atoms. The van der Waals surface area contributed by atoms with Crippen LogP contribution in [0, 0.1) is 46.8 Å². The summed E-state index contributed by atoms with van der Waals surface area (Å²) in [5, 5.41) is 28.7. The number of carbonyl (C=O) groups excluding carboxylic acids is 2. The number of aliphatic hydroxyl groups is 2. The van der Waals surface area contributed by atoms with Crippen molar-refractivity contribution in [3.05, 3.63) is 96.2 Å². The van der Waals surface area contributed by atoms with E-state index >= 15 is 0 Å². The van der Waals surface area contributed by atoms with Crippen LogP contribution in [0.15, 0.2) is 78.6 Å². The third-order valence-corrected chi connectivity index (χ3v) is 30.1. The monoisotopic (exact) mass is 1760 g/mol. The largest absolute Gasteiger partial charge is 1.00 e. The number of aliphatic hydroxyl groups excluding tert-OH is 2. The van der Waals surface area contributed by atoms with Gasteiger partial charge in [0.15, 0.2) is 21.5 Å². The number of H-pyrrole nitrogens is 3. The van der Waals surface area contributed by atoms with Crippen molar-refractivity contribution in [3.8, 4) is 0 Å². The van der Waals surface area contributed by atoms with Gasteiger partial charge in [0.05, 0.1) is 128 Å². The first-order valence-corrected chi connectivity index (χ1v) is 45.9. The Morgan fingerprint density at radius 3 is 1.39 bits per heavy atom. The van der Waals surface area contributed by atoms with Gasteiger partial charge in [-0.05, 0) is 137 Å². The second-order valence-corrected chi connectivity index (χ2v) is 38.3. The number of rotatable bonds is 30. The number of hydrogen-bond acceptors (Lipinski definition) is 26. The Morgan fingerprint density at radius 2 is 1.00 bits per heavy atom. The van der Waals surface area contributed by atoms with Gasteiger partial charge < -0.3 is 127 Å². The molecule has 20 rings (SSSR count). The molecule has 2 aromatic heterocycles. The molecule has 28 nitrogen and oxygen atoms in total. The van der Waals surface area contributed by atoms with Crippen LogP contribution in [0.2, 0.25) is 0 Å². The number of fused-ring (bicyclic) bond motifs is 2. The first-order chi connectivity index (χ1) is 57.9. The van der Waals surface area contributed by atoms with Crippen LogP contribution in [0.1, 0.15) is 203 Å². The van der Waals surface area contributed by atoms with Crippen LogP contribution in [0.5, 0.6) is 0 Å². The molecule has 0 aliphatic carbocycles. The molecule has 0 radical (unpaired) electrons. The van der Waals surface area contributed by atoms with Crippen molar-refractivity contribution >= 4 is 35.5 Å². The molecule has 5 N–H and O–H groups in total. The minimum Gasteiger partial charge on any atom is -0.512 e. The minimum absolute atomic E-state index is 0. The Hall–Kier alpha value is -2.89. The summed E-state index contributed by atoms with van der Waals surface area (Å²) in [4.78, 5) is 44.6. The second-order valence-electron chi connectivity index (χ2n) is 36.8. The van der Waals surface area contributed by atoms with Gasteiger partial charge in [-0.2, -0.15) is 0 Å². The smallest absolute Gasteiger partial charge is 0.512 e. The number of ketones is 2. The quantitative estimate of drug-likeness (QED) is 0.0160. The van der Waals surface area contributed by atoms with Crippen molar-refractivity contribution in [1.82, 2.24) is 19.9 Å². The van der Waals surface area contributed by atoms with Crippen LogP contribution >= 0.6 is 24.0 Å². The molecule has 12 bridgehead atoms. The first-order valence-electron chi connectivity index (χ1n) is 44.5.